The van der Waals surface area contributed by atoms with Crippen LogP contribution in [0.25, 0.3) is 11.1 Å². The number of carbonyl (C=O) groups is 2. The maximum absolute atomic E-state index is 13.1. The van der Waals surface area contributed by atoms with Gasteiger partial charge in [-0.1, -0.05) is 19.1 Å². The molecule has 1 amide bonds. The third kappa shape index (κ3) is 4.54. The molecule has 0 spiro atoms. The number of amides is 1. The summed E-state index contributed by atoms with van der Waals surface area (Å²) < 4.78 is 13.1. The Labute approximate surface area is 161 Å². The molecule has 0 saturated heterocycles. The van der Waals surface area contributed by atoms with Crippen LogP contribution in [0.5, 0.6) is 0 Å². The van der Waals surface area contributed by atoms with Gasteiger partial charge in [0.05, 0.1) is 11.4 Å². The molecule has 1 aromatic heterocycles. The zero-order valence-corrected chi connectivity index (χ0v) is 16.2. The summed E-state index contributed by atoms with van der Waals surface area (Å²) in [5.74, 6) is -1.22. The number of carbonyl (C=O) groups excluding carboxylic acids is 1. The third-order valence-electron chi connectivity index (χ3n) is 5.01. The molecule has 1 fully saturated rings. The highest BCUT2D eigenvalue weighted by molar-refractivity contribution is 7.14. The van der Waals surface area contributed by atoms with E-state index >= 15 is 0 Å². The van der Waals surface area contributed by atoms with Gasteiger partial charge in [0.1, 0.15) is 5.82 Å². The van der Waals surface area contributed by atoms with Crippen molar-refractivity contribution in [3.63, 3.8) is 0 Å². The minimum absolute atomic E-state index is 0.0347. The summed E-state index contributed by atoms with van der Waals surface area (Å²) in [6.07, 6.45) is 1.53. The van der Waals surface area contributed by atoms with Crippen LogP contribution >= 0.6 is 11.3 Å². The predicted molar refractivity (Wildman–Crippen MR) is 104 cm³/mol. The lowest BCUT2D eigenvalue weighted by atomic mass is 9.85. The highest BCUT2D eigenvalue weighted by atomic mass is 32.1. The number of rotatable bonds is 7. The van der Waals surface area contributed by atoms with Crippen LogP contribution in [0.3, 0.4) is 0 Å². The van der Waals surface area contributed by atoms with Crippen LogP contribution in [-0.4, -0.2) is 47.1 Å². The average Bonchev–Trinajstić information content (AvgIpc) is 2.98. The Bertz CT molecular complexity index is 828. The minimum atomic E-state index is -0.827. The first-order valence-electron chi connectivity index (χ1n) is 9.00. The van der Waals surface area contributed by atoms with E-state index in [0.717, 1.165) is 28.8 Å². The van der Waals surface area contributed by atoms with Crippen LogP contribution < -0.4 is 5.32 Å². The number of nitrogens with zero attached hydrogens (tertiary/aromatic N) is 1. The van der Waals surface area contributed by atoms with Gasteiger partial charge in [-0.25, -0.2) is 4.39 Å². The molecule has 0 radical (unpaired) electrons. The molecule has 1 aliphatic carbocycles. The number of thiophene rings is 1. The van der Waals surface area contributed by atoms with Crippen LogP contribution in [0.1, 0.15) is 34.3 Å². The van der Waals surface area contributed by atoms with Crippen LogP contribution in [-0.2, 0) is 4.79 Å². The highest BCUT2D eigenvalue weighted by Gasteiger charge is 2.35. The molecule has 2 aromatic rings. The third-order valence-corrected chi connectivity index (χ3v) is 6.06. The lowest BCUT2D eigenvalue weighted by Crippen LogP contribution is -2.54. The zero-order chi connectivity index (χ0) is 19.6. The molecule has 5 nitrogen and oxygen atoms in total. The number of likely N-dealkylation sites (N-methyl/N-ethyl adjacent to an activating group) is 1. The summed E-state index contributed by atoms with van der Waals surface area (Å²) in [5.41, 5.74) is 1.83. The van der Waals surface area contributed by atoms with Crippen molar-refractivity contribution >= 4 is 23.2 Å². The van der Waals surface area contributed by atoms with Gasteiger partial charge in [0.2, 0.25) is 0 Å². The summed E-state index contributed by atoms with van der Waals surface area (Å²) in [6, 6.07) is 8.38. The van der Waals surface area contributed by atoms with Crippen molar-refractivity contribution in [2.24, 2.45) is 0 Å². The number of hydrogen-bond acceptors (Lipinski definition) is 4. The Morgan fingerprint density at radius 1 is 1.30 bits per heavy atom. The van der Waals surface area contributed by atoms with E-state index < -0.39 is 5.97 Å². The number of carboxylic acid groups (broad SMARTS) is 1. The van der Waals surface area contributed by atoms with Crippen LogP contribution in [0.15, 0.2) is 30.3 Å². The van der Waals surface area contributed by atoms with E-state index in [1.165, 1.54) is 23.5 Å². The first-order chi connectivity index (χ1) is 12.9. The second-order valence-electron chi connectivity index (χ2n) is 6.84. The van der Waals surface area contributed by atoms with E-state index in [1.807, 2.05) is 24.8 Å². The van der Waals surface area contributed by atoms with Gasteiger partial charge in [0.15, 0.2) is 0 Å². The number of halogens is 1. The van der Waals surface area contributed by atoms with Gasteiger partial charge in [-0.05, 0) is 55.6 Å². The Hall–Kier alpha value is -2.25. The molecule has 1 aromatic carbocycles. The number of carboxylic acids is 1. The fourth-order valence-corrected chi connectivity index (χ4v) is 4.39. The van der Waals surface area contributed by atoms with Crippen LogP contribution in [0.2, 0.25) is 0 Å². The molecule has 2 N–H and O–H groups in total. The second kappa shape index (κ2) is 8.19. The van der Waals surface area contributed by atoms with E-state index in [9.17, 15) is 14.0 Å². The van der Waals surface area contributed by atoms with Gasteiger partial charge in [0.25, 0.3) is 5.91 Å². The fourth-order valence-electron chi connectivity index (χ4n) is 3.44. The maximum atomic E-state index is 13.1. The Morgan fingerprint density at radius 2 is 1.96 bits per heavy atom. The normalized spacial score (nSPS) is 19.0. The minimum Gasteiger partial charge on any atom is -0.480 e. The first kappa shape index (κ1) is 19.5. The molecule has 144 valence electrons. The summed E-state index contributed by atoms with van der Waals surface area (Å²) in [4.78, 5) is 27.0. The number of hydrogen-bond donors (Lipinski definition) is 2. The smallest absolute Gasteiger partial charge is 0.317 e. The molecule has 27 heavy (non-hydrogen) atoms. The van der Waals surface area contributed by atoms with Gasteiger partial charge in [-0.2, -0.15) is 0 Å². The summed E-state index contributed by atoms with van der Waals surface area (Å²) in [7, 11) is 0. The number of aryl methyl sites for hydroxylation is 1. The molecule has 0 aliphatic heterocycles. The summed E-state index contributed by atoms with van der Waals surface area (Å²) >= 11 is 1.42. The summed E-state index contributed by atoms with van der Waals surface area (Å²) in [5, 5.41) is 12.0. The lowest BCUT2D eigenvalue weighted by Gasteiger charge is -2.42. The van der Waals surface area contributed by atoms with Crippen molar-refractivity contribution in [1.82, 2.24) is 10.2 Å². The SMILES string of the molecule is CCN(CC(=O)O)C1CC(NC(=O)c2cc(-c3ccc(F)cc3)c(C)s2)C1. The van der Waals surface area contributed by atoms with Crippen molar-refractivity contribution in [2.75, 3.05) is 13.1 Å². The lowest BCUT2D eigenvalue weighted by molar-refractivity contribution is -0.139. The Kier molecular flexibility index (Phi) is 5.92. The molecular weight excluding hydrogens is 367 g/mol. The first-order valence-corrected chi connectivity index (χ1v) is 9.82. The van der Waals surface area contributed by atoms with Crippen LogP contribution in [0.4, 0.5) is 4.39 Å². The van der Waals surface area contributed by atoms with E-state index in [2.05, 4.69) is 5.32 Å². The molecule has 1 aliphatic rings. The zero-order valence-electron chi connectivity index (χ0n) is 15.4. The van der Waals surface area contributed by atoms with Gasteiger partial charge < -0.3 is 10.4 Å². The van der Waals surface area contributed by atoms with E-state index in [-0.39, 0.29) is 30.4 Å². The van der Waals surface area contributed by atoms with E-state index in [0.29, 0.717) is 11.4 Å². The molecule has 0 bridgehead atoms. The van der Waals surface area contributed by atoms with Crippen molar-refractivity contribution in [3.05, 3.63) is 45.9 Å². The molecule has 1 saturated carbocycles. The molecule has 3 rings (SSSR count). The van der Waals surface area contributed by atoms with Crippen LogP contribution in [0, 0.1) is 12.7 Å². The average molecular weight is 390 g/mol. The Balaban J connectivity index is 1.59. The van der Waals surface area contributed by atoms with Crippen molar-refractivity contribution in [3.8, 4) is 11.1 Å². The fraction of sp³-hybridized carbons (Fsp3) is 0.400. The van der Waals surface area contributed by atoms with Crippen molar-refractivity contribution < 1.29 is 19.1 Å². The van der Waals surface area contributed by atoms with E-state index in [4.69, 9.17) is 5.11 Å². The largest absolute Gasteiger partial charge is 0.480 e. The van der Waals surface area contributed by atoms with Crippen molar-refractivity contribution in [1.29, 1.82) is 0 Å². The molecule has 7 heteroatoms. The maximum Gasteiger partial charge on any atom is 0.317 e. The molecule has 1 heterocycles. The van der Waals surface area contributed by atoms with Crippen molar-refractivity contribution in [2.45, 2.75) is 38.8 Å². The Morgan fingerprint density at radius 3 is 2.56 bits per heavy atom. The monoisotopic (exact) mass is 390 g/mol. The highest BCUT2D eigenvalue weighted by Crippen LogP contribution is 2.32. The van der Waals surface area contributed by atoms with Gasteiger partial charge in [-0.3, -0.25) is 14.5 Å². The quantitative estimate of drug-likeness (QED) is 0.759. The summed E-state index contributed by atoms with van der Waals surface area (Å²) in [6.45, 7) is 4.61. The number of aliphatic carboxylic acids is 1. The standard InChI is InChI=1S/C20H23FN2O3S/c1-3-23(11-19(24)25)16-8-15(9-16)22-20(26)18-10-17(12(2)27-18)13-4-6-14(21)7-5-13/h4-7,10,15-16H,3,8-9,11H2,1-2H3,(H,22,26)(H,24,25). The second-order valence-corrected chi connectivity index (χ2v) is 8.10. The number of nitrogens with one attached hydrogen (secondary N) is 1. The van der Waals surface area contributed by atoms with Gasteiger partial charge in [0, 0.05) is 17.0 Å². The van der Waals surface area contributed by atoms with Gasteiger partial charge in [-0.15, -0.1) is 11.3 Å². The topological polar surface area (TPSA) is 69.6 Å². The van der Waals surface area contributed by atoms with Gasteiger partial charge >= 0.3 is 5.97 Å². The number of benzene rings is 1. The predicted octanol–water partition coefficient (Wildman–Crippen LogP) is 3.53. The molecule has 0 atom stereocenters. The molecular formula is C20H23FN2O3S. The molecule has 0 unspecified atom stereocenters. The van der Waals surface area contributed by atoms with E-state index in [1.54, 1.807) is 12.1 Å².